The Labute approximate surface area is 201 Å². The molecule has 0 radical (unpaired) electrons. The molecule has 2 aromatic rings. The summed E-state index contributed by atoms with van der Waals surface area (Å²) >= 11 is 0. The molecule has 1 amide bonds. The highest BCUT2D eigenvalue weighted by atomic mass is 16.4. The minimum absolute atomic E-state index is 0.0790. The van der Waals surface area contributed by atoms with E-state index in [-0.39, 0.29) is 11.5 Å². The predicted octanol–water partition coefficient (Wildman–Crippen LogP) is 2.93. The first-order valence-electron chi connectivity index (χ1n) is 12.0. The summed E-state index contributed by atoms with van der Waals surface area (Å²) in [4.78, 5) is 32.5. The molecular formula is C26H35N5O3. The van der Waals surface area contributed by atoms with Crippen molar-refractivity contribution in [2.24, 2.45) is 4.99 Å². The second kappa shape index (κ2) is 13.3. The molecule has 3 N–H and O–H groups in total. The number of carbonyl (C=O) groups excluding carboxylic acids is 1. The number of carboxylic acids is 1. The Kier molecular flexibility index (Phi) is 9.91. The Balaban J connectivity index is 1.60. The molecule has 182 valence electrons. The molecule has 1 aliphatic heterocycles. The van der Waals surface area contributed by atoms with E-state index in [9.17, 15) is 9.59 Å². The van der Waals surface area contributed by atoms with E-state index < -0.39 is 5.97 Å². The number of piperazine rings is 1. The Hall–Kier alpha value is -3.39. The number of unbranched alkanes of at least 4 members (excludes halogenated alkanes) is 1. The Bertz CT molecular complexity index is 939. The van der Waals surface area contributed by atoms with Gasteiger partial charge in [0.15, 0.2) is 5.96 Å². The van der Waals surface area contributed by atoms with Crippen molar-refractivity contribution < 1.29 is 14.7 Å². The fraction of sp³-hybridized carbons (Fsp3) is 0.423. The summed E-state index contributed by atoms with van der Waals surface area (Å²) in [5.41, 5.74) is 2.27. The molecular weight excluding hydrogens is 430 g/mol. The van der Waals surface area contributed by atoms with Crippen molar-refractivity contribution in [2.45, 2.75) is 26.2 Å². The van der Waals surface area contributed by atoms with E-state index in [0.29, 0.717) is 13.1 Å². The van der Waals surface area contributed by atoms with Gasteiger partial charge in [0.2, 0.25) is 5.91 Å². The molecule has 1 fully saturated rings. The average molecular weight is 466 g/mol. The van der Waals surface area contributed by atoms with E-state index in [0.717, 1.165) is 63.6 Å². The normalized spacial score (nSPS) is 14.6. The lowest BCUT2D eigenvalue weighted by molar-refractivity contribution is -0.122. The van der Waals surface area contributed by atoms with E-state index in [1.165, 1.54) is 5.56 Å². The van der Waals surface area contributed by atoms with Gasteiger partial charge in [-0.3, -0.25) is 14.7 Å². The van der Waals surface area contributed by atoms with Crippen LogP contribution < -0.4 is 10.6 Å². The summed E-state index contributed by atoms with van der Waals surface area (Å²) in [5.74, 6) is -0.0977. The number of carbonyl (C=O) groups is 2. The van der Waals surface area contributed by atoms with Crippen LogP contribution in [0.3, 0.4) is 0 Å². The second-order valence-corrected chi connectivity index (χ2v) is 8.42. The first kappa shape index (κ1) is 25.2. The van der Waals surface area contributed by atoms with E-state index >= 15 is 0 Å². The molecule has 0 atom stereocenters. The summed E-state index contributed by atoms with van der Waals surface area (Å²) in [6.45, 7) is 6.97. The van der Waals surface area contributed by atoms with E-state index in [2.05, 4.69) is 39.5 Å². The van der Waals surface area contributed by atoms with Gasteiger partial charge in [0, 0.05) is 45.0 Å². The second-order valence-electron chi connectivity index (χ2n) is 8.42. The number of aromatic carboxylic acids is 1. The van der Waals surface area contributed by atoms with Crippen molar-refractivity contribution in [3.05, 3.63) is 65.7 Å². The standard InChI is InChI=1S/C26H35N5O3/c1-2-3-14-27-24(32)20-30-16-18-31(19-17-30)26(28-15-13-21-7-5-4-6-8-21)29-23-11-9-22(10-12-23)25(33)34/h4-12H,2-3,13-20H2,1H3,(H,27,32)(H,28,29)(H,33,34). The zero-order valence-corrected chi connectivity index (χ0v) is 19.9. The number of benzene rings is 2. The summed E-state index contributed by atoms with van der Waals surface area (Å²) < 4.78 is 0. The van der Waals surface area contributed by atoms with Crippen molar-refractivity contribution in [1.29, 1.82) is 0 Å². The topological polar surface area (TPSA) is 97.3 Å². The van der Waals surface area contributed by atoms with Crippen molar-refractivity contribution in [1.82, 2.24) is 15.1 Å². The van der Waals surface area contributed by atoms with Gasteiger partial charge in [-0.05, 0) is 42.7 Å². The molecule has 1 heterocycles. The molecule has 0 aromatic heterocycles. The van der Waals surface area contributed by atoms with E-state index in [4.69, 9.17) is 10.1 Å². The van der Waals surface area contributed by atoms with Gasteiger partial charge in [-0.25, -0.2) is 4.79 Å². The SMILES string of the molecule is CCCCNC(=O)CN1CCN(C(=NCCc2ccccc2)Nc2ccc(C(=O)O)cc2)CC1. The number of aliphatic imine (C=N–C) groups is 1. The highest BCUT2D eigenvalue weighted by Crippen LogP contribution is 2.12. The maximum atomic E-state index is 12.1. The Morgan fingerprint density at radius 3 is 2.35 bits per heavy atom. The third-order valence-electron chi connectivity index (χ3n) is 5.78. The van der Waals surface area contributed by atoms with Crippen LogP contribution in [-0.2, 0) is 11.2 Å². The summed E-state index contributed by atoms with van der Waals surface area (Å²) in [6, 6.07) is 16.9. The molecule has 0 unspecified atom stereocenters. The molecule has 8 heteroatoms. The number of anilines is 1. The van der Waals surface area contributed by atoms with Crippen LogP contribution in [0.25, 0.3) is 0 Å². The van der Waals surface area contributed by atoms with Crippen LogP contribution in [0.1, 0.15) is 35.7 Å². The molecule has 2 aromatic carbocycles. The number of nitrogens with one attached hydrogen (secondary N) is 2. The first-order valence-corrected chi connectivity index (χ1v) is 12.0. The van der Waals surface area contributed by atoms with Crippen LogP contribution in [0.4, 0.5) is 5.69 Å². The van der Waals surface area contributed by atoms with Gasteiger partial charge in [-0.1, -0.05) is 43.7 Å². The summed E-state index contributed by atoms with van der Waals surface area (Å²) in [5, 5.41) is 15.5. The number of nitrogens with zero attached hydrogens (tertiary/aromatic N) is 3. The van der Waals surface area contributed by atoms with Gasteiger partial charge in [-0.2, -0.15) is 0 Å². The molecule has 8 nitrogen and oxygen atoms in total. The first-order chi connectivity index (χ1) is 16.5. The van der Waals surface area contributed by atoms with Gasteiger partial charge in [0.25, 0.3) is 0 Å². The van der Waals surface area contributed by atoms with Crippen molar-refractivity contribution in [3.8, 4) is 0 Å². The number of hydrogen-bond donors (Lipinski definition) is 3. The third-order valence-corrected chi connectivity index (χ3v) is 5.78. The zero-order valence-electron chi connectivity index (χ0n) is 19.9. The average Bonchev–Trinajstić information content (AvgIpc) is 2.85. The molecule has 0 aliphatic carbocycles. The predicted molar refractivity (Wildman–Crippen MR) is 135 cm³/mol. The lowest BCUT2D eigenvalue weighted by Gasteiger charge is -2.36. The minimum Gasteiger partial charge on any atom is -0.478 e. The maximum absolute atomic E-state index is 12.1. The van der Waals surface area contributed by atoms with Crippen LogP contribution in [0.2, 0.25) is 0 Å². The number of hydrogen-bond acceptors (Lipinski definition) is 4. The Morgan fingerprint density at radius 2 is 1.71 bits per heavy atom. The van der Waals surface area contributed by atoms with Crippen molar-refractivity contribution >= 4 is 23.5 Å². The van der Waals surface area contributed by atoms with Crippen molar-refractivity contribution in [2.75, 3.05) is 51.1 Å². The van der Waals surface area contributed by atoms with Gasteiger partial charge < -0.3 is 20.6 Å². The largest absolute Gasteiger partial charge is 0.478 e. The number of amides is 1. The van der Waals surface area contributed by atoms with Crippen LogP contribution in [0.5, 0.6) is 0 Å². The summed E-state index contributed by atoms with van der Waals surface area (Å²) in [7, 11) is 0. The molecule has 0 saturated carbocycles. The van der Waals surface area contributed by atoms with Gasteiger partial charge in [0.05, 0.1) is 12.1 Å². The monoisotopic (exact) mass is 465 g/mol. The zero-order chi connectivity index (χ0) is 24.2. The molecule has 0 bridgehead atoms. The molecule has 1 saturated heterocycles. The smallest absolute Gasteiger partial charge is 0.335 e. The Morgan fingerprint density at radius 1 is 1.00 bits per heavy atom. The van der Waals surface area contributed by atoms with Gasteiger partial charge >= 0.3 is 5.97 Å². The maximum Gasteiger partial charge on any atom is 0.335 e. The number of rotatable bonds is 10. The molecule has 0 spiro atoms. The highest BCUT2D eigenvalue weighted by molar-refractivity contribution is 5.94. The van der Waals surface area contributed by atoms with E-state index in [1.54, 1.807) is 24.3 Å². The number of guanidine groups is 1. The van der Waals surface area contributed by atoms with Crippen LogP contribution in [-0.4, -0.2) is 78.6 Å². The molecule has 1 aliphatic rings. The highest BCUT2D eigenvalue weighted by Gasteiger charge is 2.21. The fourth-order valence-corrected chi connectivity index (χ4v) is 3.76. The fourth-order valence-electron chi connectivity index (χ4n) is 3.76. The van der Waals surface area contributed by atoms with E-state index in [1.807, 2.05) is 18.2 Å². The lowest BCUT2D eigenvalue weighted by Crippen LogP contribution is -2.52. The van der Waals surface area contributed by atoms with Crippen LogP contribution in [0.15, 0.2) is 59.6 Å². The third kappa shape index (κ3) is 8.19. The van der Waals surface area contributed by atoms with Crippen LogP contribution in [0, 0.1) is 0 Å². The van der Waals surface area contributed by atoms with Crippen LogP contribution >= 0.6 is 0 Å². The summed E-state index contributed by atoms with van der Waals surface area (Å²) in [6.07, 6.45) is 2.90. The molecule has 34 heavy (non-hydrogen) atoms. The lowest BCUT2D eigenvalue weighted by atomic mass is 10.2. The quantitative estimate of drug-likeness (QED) is 0.284. The van der Waals surface area contributed by atoms with Gasteiger partial charge in [0.1, 0.15) is 0 Å². The minimum atomic E-state index is -0.946. The van der Waals surface area contributed by atoms with Crippen molar-refractivity contribution in [3.63, 3.8) is 0 Å². The van der Waals surface area contributed by atoms with Gasteiger partial charge in [-0.15, -0.1) is 0 Å². The number of carboxylic acid groups (broad SMARTS) is 1. The molecule has 3 rings (SSSR count).